The zero-order valence-electron chi connectivity index (χ0n) is 21.5. The quantitative estimate of drug-likeness (QED) is 0.291. The Morgan fingerprint density at radius 3 is 2.57 bits per heavy atom. The summed E-state index contributed by atoms with van der Waals surface area (Å²) in [6, 6.07) is 23.3. The number of carbonyl (C=O) groups excluding carboxylic acids is 1. The number of likely N-dealkylation sites (tertiary alicyclic amines) is 1. The second kappa shape index (κ2) is 11.7. The van der Waals surface area contributed by atoms with Crippen molar-refractivity contribution in [1.29, 1.82) is 0 Å². The van der Waals surface area contributed by atoms with Gasteiger partial charge in [0.25, 0.3) is 0 Å². The van der Waals surface area contributed by atoms with Gasteiger partial charge in [0.1, 0.15) is 0 Å². The van der Waals surface area contributed by atoms with Gasteiger partial charge in [-0.05, 0) is 54.8 Å². The lowest BCUT2D eigenvalue weighted by molar-refractivity contribution is -0.125. The van der Waals surface area contributed by atoms with Crippen LogP contribution >= 0.6 is 11.6 Å². The Morgan fingerprint density at radius 1 is 1.03 bits per heavy atom. The summed E-state index contributed by atoms with van der Waals surface area (Å²) < 4.78 is 7.48. The summed E-state index contributed by atoms with van der Waals surface area (Å²) >= 11 is 6.08. The molecule has 6 nitrogen and oxygen atoms in total. The maximum absolute atomic E-state index is 13.0. The minimum absolute atomic E-state index is 0.0594. The second-order valence-corrected chi connectivity index (χ2v) is 10.2. The molecule has 5 rings (SSSR count). The van der Waals surface area contributed by atoms with Crippen molar-refractivity contribution in [2.45, 2.75) is 45.1 Å². The van der Waals surface area contributed by atoms with E-state index in [0.29, 0.717) is 19.7 Å². The number of nitrogens with one attached hydrogen (secondary N) is 2. The molecule has 2 heterocycles. The zero-order chi connectivity index (χ0) is 25.8. The minimum atomic E-state index is -0.185. The zero-order valence-corrected chi connectivity index (χ0v) is 22.3. The number of para-hydroxylation sites is 1. The molecule has 1 aliphatic rings. The van der Waals surface area contributed by atoms with Gasteiger partial charge in [0.15, 0.2) is 0 Å². The van der Waals surface area contributed by atoms with Crippen molar-refractivity contribution in [3.63, 3.8) is 0 Å². The highest BCUT2D eigenvalue weighted by molar-refractivity contribution is 6.30. The predicted molar refractivity (Wildman–Crippen MR) is 151 cm³/mol. The van der Waals surface area contributed by atoms with Crippen LogP contribution in [0.25, 0.3) is 21.8 Å². The third-order valence-electron chi connectivity index (χ3n) is 7.36. The molecule has 0 spiro atoms. The molecule has 37 heavy (non-hydrogen) atoms. The molecule has 2 atom stereocenters. The Morgan fingerprint density at radius 2 is 1.78 bits per heavy atom. The number of amides is 1. The average Bonchev–Trinajstić information content (AvgIpc) is 3.47. The van der Waals surface area contributed by atoms with Crippen molar-refractivity contribution in [2.75, 3.05) is 26.8 Å². The van der Waals surface area contributed by atoms with Crippen molar-refractivity contribution in [1.82, 2.24) is 20.1 Å². The van der Waals surface area contributed by atoms with Gasteiger partial charge in [-0.3, -0.25) is 9.69 Å². The number of nitrogens with zero attached hydrogens (tertiary/aromatic N) is 2. The number of hydrogen-bond donors (Lipinski definition) is 2. The van der Waals surface area contributed by atoms with Crippen molar-refractivity contribution >= 4 is 39.3 Å². The first-order valence-electron chi connectivity index (χ1n) is 13.1. The van der Waals surface area contributed by atoms with E-state index in [1.807, 2.05) is 24.3 Å². The monoisotopic (exact) mass is 518 g/mol. The standard InChI is InChI=1S/C30H35ClN4O2/c1-3-35-27-7-5-4-6-25(27)26-16-22(10-13-28(26)35)18-33-24-17-29(30(36)32-14-15-37-2)34(20-24)19-21-8-11-23(31)12-9-21/h4-13,16,24,29,33H,3,14-15,17-20H2,1-2H3,(H,32,36)/t24-,29-/m0/s1. The number of fused-ring (bicyclic) bond motifs is 3. The lowest BCUT2D eigenvalue weighted by Gasteiger charge is -2.23. The van der Waals surface area contributed by atoms with Crippen LogP contribution in [0.5, 0.6) is 0 Å². The first-order chi connectivity index (χ1) is 18.1. The van der Waals surface area contributed by atoms with Crippen molar-refractivity contribution in [2.24, 2.45) is 0 Å². The Kier molecular flexibility index (Phi) is 8.11. The van der Waals surface area contributed by atoms with E-state index in [2.05, 4.69) is 69.5 Å². The highest BCUT2D eigenvalue weighted by Gasteiger charge is 2.36. The van der Waals surface area contributed by atoms with E-state index < -0.39 is 0 Å². The number of aryl methyl sites for hydroxylation is 1. The molecule has 0 unspecified atom stereocenters. The summed E-state index contributed by atoms with van der Waals surface area (Å²) in [5.41, 5.74) is 4.96. The number of carbonyl (C=O) groups is 1. The van der Waals surface area contributed by atoms with E-state index in [1.54, 1.807) is 7.11 Å². The first-order valence-corrected chi connectivity index (χ1v) is 13.4. The fourth-order valence-corrected chi connectivity index (χ4v) is 5.66. The van der Waals surface area contributed by atoms with Gasteiger partial charge < -0.3 is 19.9 Å². The van der Waals surface area contributed by atoms with Crippen LogP contribution in [-0.4, -0.2) is 54.3 Å². The third kappa shape index (κ3) is 5.68. The van der Waals surface area contributed by atoms with Crippen LogP contribution in [-0.2, 0) is 29.2 Å². The summed E-state index contributed by atoms with van der Waals surface area (Å²) in [5, 5.41) is 10.1. The van der Waals surface area contributed by atoms with Gasteiger partial charge in [0.2, 0.25) is 5.91 Å². The first kappa shape index (κ1) is 25.7. The van der Waals surface area contributed by atoms with Crippen molar-refractivity contribution in [3.05, 3.63) is 82.9 Å². The van der Waals surface area contributed by atoms with E-state index in [4.69, 9.17) is 16.3 Å². The number of ether oxygens (including phenoxy) is 1. The fraction of sp³-hybridized carbons (Fsp3) is 0.367. The van der Waals surface area contributed by atoms with E-state index in [1.165, 1.54) is 27.4 Å². The smallest absolute Gasteiger partial charge is 0.237 e. The van der Waals surface area contributed by atoms with Crippen LogP contribution in [0.1, 0.15) is 24.5 Å². The molecule has 194 valence electrons. The van der Waals surface area contributed by atoms with Gasteiger partial charge in [0.05, 0.1) is 12.6 Å². The summed E-state index contributed by atoms with van der Waals surface area (Å²) in [4.78, 5) is 15.3. The van der Waals surface area contributed by atoms with E-state index in [-0.39, 0.29) is 18.0 Å². The predicted octanol–water partition coefficient (Wildman–Crippen LogP) is 4.96. The summed E-state index contributed by atoms with van der Waals surface area (Å²) in [6.07, 6.45) is 0.768. The highest BCUT2D eigenvalue weighted by atomic mass is 35.5. The Hall–Kier alpha value is -2.90. The number of methoxy groups -OCH3 is 1. The van der Waals surface area contributed by atoms with Crippen LogP contribution in [0.4, 0.5) is 0 Å². The summed E-state index contributed by atoms with van der Waals surface area (Å²) in [7, 11) is 1.64. The molecule has 1 saturated heterocycles. The SMILES string of the molecule is CCn1c2ccccc2c2cc(CN[C@H]3C[C@@H](C(=O)NCCOC)N(Cc4ccc(Cl)cc4)C3)ccc21. The van der Waals surface area contributed by atoms with Gasteiger partial charge in [-0.1, -0.05) is 48.0 Å². The number of rotatable bonds is 10. The number of hydrogen-bond acceptors (Lipinski definition) is 4. The van der Waals surface area contributed by atoms with Crippen LogP contribution in [0.3, 0.4) is 0 Å². The molecule has 1 fully saturated rings. The molecule has 2 N–H and O–H groups in total. The van der Waals surface area contributed by atoms with Crippen LogP contribution in [0.15, 0.2) is 66.7 Å². The minimum Gasteiger partial charge on any atom is -0.383 e. The van der Waals surface area contributed by atoms with Gasteiger partial charge >= 0.3 is 0 Å². The van der Waals surface area contributed by atoms with E-state index in [9.17, 15) is 4.79 Å². The number of halogens is 1. The van der Waals surface area contributed by atoms with Crippen molar-refractivity contribution < 1.29 is 9.53 Å². The third-order valence-corrected chi connectivity index (χ3v) is 7.61. The topological polar surface area (TPSA) is 58.5 Å². The molecule has 4 aromatic rings. The molecule has 0 aliphatic carbocycles. The normalized spacial score (nSPS) is 18.1. The molecule has 0 saturated carbocycles. The fourth-order valence-electron chi connectivity index (χ4n) is 5.53. The molecule has 1 aliphatic heterocycles. The number of aromatic nitrogens is 1. The molecular weight excluding hydrogens is 484 g/mol. The van der Waals surface area contributed by atoms with Crippen LogP contribution in [0, 0.1) is 0 Å². The van der Waals surface area contributed by atoms with Gasteiger partial charge in [-0.25, -0.2) is 0 Å². The lowest BCUT2D eigenvalue weighted by Crippen LogP contribution is -2.43. The summed E-state index contributed by atoms with van der Waals surface area (Å²) in [5.74, 6) is 0.0594. The van der Waals surface area contributed by atoms with Crippen molar-refractivity contribution in [3.8, 4) is 0 Å². The Bertz CT molecular complexity index is 1370. The van der Waals surface area contributed by atoms with E-state index >= 15 is 0 Å². The van der Waals surface area contributed by atoms with Crippen LogP contribution in [0.2, 0.25) is 5.02 Å². The van der Waals surface area contributed by atoms with E-state index in [0.717, 1.165) is 36.6 Å². The van der Waals surface area contributed by atoms with Gasteiger partial charge in [-0.15, -0.1) is 0 Å². The Balaban J connectivity index is 1.30. The molecule has 0 radical (unpaired) electrons. The molecule has 1 amide bonds. The maximum atomic E-state index is 13.0. The maximum Gasteiger partial charge on any atom is 0.237 e. The molecule has 3 aromatic carbocycles. The number of benzene rings is 3. The van der Waals surface area contributed by atoms with Gasteiger partial charge in [0, 0.05) is 72.7 Å². The molecule has 1 aromatic heterocycles. The largest absolute Gasteiger partial charge is 0.383 e. The second-order valence-electron chi connectivity index (χ2n) is 9.78. The molecule has 0 bridgehead atoms. The van der Waals surface area contributed by atoms with Gasteiger partial charge in [-0.2, -0.15) is 0 Å². The highest BCUT2D eigenvalue weighted by Crippen LogP contribution is 2.30. The molecular formula is C30H35ClN4O2. The average molecular weight is 519 g/mol. The lowest BCUT2D eigenvalue weighted by atomic mass is 10.1. The summed E-state index contributed by atoms with van der Waals surface area (Å²) in [6.45, 7) is 6.44. The Labute approximate surface area is 223 Å². The molecule has 7 heteroatoms. The van der Waals surface area contributed by atoms with Crippen LogP contribution < -0.4 is 10.6 Å².